The Morgan fingerprint density at radius 3 is 2.60 bits per heavy atom. The van der Waals surface area contributed by atoms with E-state index in [1.807, 2.05) is 6.07 Å². The van der Waals surface area contributed by atoms with Crippen LogP contribution in [0.1, 0.15) is 16.1 Å². The summed E-state index contributed by atoms with van der Waals surface area (Å²) in [6, 6.07) is 15.9. The molecule has 0 unspecified atom stereocenters. The number of thiazole rings is 1. The van der Waals surface area contributed by atoms with Crippen molar-refractivity contribution in [1.82, 2.24) is 4.98 Å². The first-order valence-electron chi connectivity index (χ1n) is 9.24. The number of ether oxygens (including phenoxy) is 1. The normalized spacial score (nSPS) is 13.1. The molecule has 1 aliphatic rings. The maximum absolute atomic E-state index is 12.5. The van der Waals surface area contributed by atoms with Crippen molar-refractivity contribution < 1.29 is 19.1 Å². The predicted octanol–water partition coefficient (Wildman–Crippen LogP) is 3.53. The van der Waals surface area contributed by atoms with Gasteiger partial charge < -0.3 is 10.1 Å². The Bertz CT molecular complexity index is 1080. The van der Waals surface area contributed by atoms with E-state index in [1.165, 1.54) is 16.2 Å². The lowest BCUT2D eigenvalue weighted by molar-refractivity contribution is -0.115. The minimum atomic E-state index is -0.435. The van der Waals surface area contributed by atoms with Gasteiger partial charge in [-0.2, -0.15) is 0 Å². The zero-order chi connectivity index (χ0) is 20.9. The number of anilines is 3. The van der Waals surface area contributed by atoms with Gasteiger partial charge in [-0.3, -0.25) is 19.8 Å². The second-order valence-electron chi connectivity index (χ2n) is 6.47. The van der Waals surface area contributed by atoms with Crippen LogP contribution in [0.5, 0.6) is 0 Å². The van der Waals surface area contributed by atoms with Crippen LogP contribution in [0.2, 0.25) is 0 Å². The van der Waals surface area contributed by atoms with Crippen LogP contribution in [0.15, 0.2) is 60.0 Å². The highest BCUT2D eigenvalue weighted by Gasteiger charge is 2.26. The van der Waals surface area contributed by atoms with Crippen molar-refractivity contribution in [2.24, 2.45) is 0 Å². The highest BCUT2D eigenvalue weighted by molar-refractivity contribution is 7.14. The van der Waals surface area contributed by atoms with Crippen LogP contribution < -0.4 is 15.5 Å². The summed E-state index contributed by atoms with van der Waals surface area (Å²) in [6.45, 7) is 0.750. The van der Waals surface area contributed by atoms with E-state index in [1.54, 1.807) is 53.9 Å². The number of carbonyl (C=O) groups excluding carboxylic acids is 3. The molecule has 8 nitrogen and oxygen atoms in total. The highest BCUT2D eigenvalue weighted by atomic mass is 32.1. The van der Waals surface area contributed by atoms with Gasteiger partial charge in [-0.1, -0.05) is 30.3 Å². The maximum Gasteiger partial charge on any atom is 0.414 e. The Balaban J connectivity index is 1.39. The molecule has 2 heterocycles. The molecule has 0 spiro atoms. The summed E-state index contributed by atoms with van der Waals surface area (Å²) >= 11 is 1.25. The Hall–Kier alpha value is -3.72. The Kier molecular flexibility index (Phi) is 5.71. The van der Waals surface area contributed by atoms with Crippen molar-refractivity contribution in [3.8, 4) is 0 Å². The van der Waals surface area contributed by atoms with Crippen molar-refractivity contribution in [3.05, 3.63) is 71.2 Å². The number of para-hydroxylation sites is 2. The van der Waals surface area contributed by atoms with Crippen molar-refractivity contribution >= 4 is 45.8 Å². The number of hydrogen-bond acceptors (Lipinski definition) is 6. The first kappa shape index (κ1) is 19.6. The summed E-state index contributed by atoms with van der Waals surface area (Å²) in [5.74, 6) is -0.534. The zero-order valence-corrected chi connectivity index (χ0v) is 16.6. The van der Waals surface area contributed by atoms with E-state index in [-0.39, 0.29) is 18.2 Å². The Morgan fingerprint density at radius 1 is 1.07 bits per heavy atom. The van der Waals surface area contributed by atoms with Gasteiger partial charge in [0.25, 0.3) is 5.91 Å². The first-order valence-corrected chi connectivity index (χ1v) is 10.1. The molecule has 1 fully saturated rings. The third kappa shape index (κ3) is 4.47. The van der Waals surface area contributed by atoms with Crippen molar-refractivity contribution in [3.63, 3.8) is 0 Å². The lowest BCUT2D eigenvalue weighted by Gasteiger charge is -2.17. The van der Waals surface area contributed by atoms with Crippen molar-refractivity contribution in [1.29, 1.82) is 0 Å². The van der Waals surface area contributed by atoms with Crippen LogP contribution in [0.3, 0.4) is 0 Å². The van der Waals surface area contributed by atoms with Gasteiger partial charge in [0.1, 0.15) is 6.61 Å². The summed E-state index contributed by atoms with van der Waals surface area (Å²) in [6.07, 6.45) is -0.397. The molecule has 2 N–H and O–H groups in total. The number of amides is 3. The molecule has 0 saturated carbocycles. The SMILES string of the molecule is O=C(Cc1csc(NC(=O)c2ccccc2)n1)Nc1ccccc1N1CCOC1=O. The Morgan fingerprint density at radius 2 is 1.83 bits per heavy atom. The third-order valence-corrected chi connectivity index (χ3v) is 5.19. The standard InChI is InChI=1S/C21H18N4O4S/c26-18(23-16-8-4-5-9-17(16)25-10-11-29-21(25)28)12-15-13-30-20(22-15)24-19(27)14-6-2-1-3-7-14/h1-9,13H,10-12H2,(H,23,26)(H,22,24,27). The smallest absolute Gasteiger partial charge is 0.414 e. The van der Waals surface area contributed by atoms with Crippen LogP contribution in [0.4, 0.5) is 21.3 Å². The molecule has 1 saturated heterocycles. The molecule has 0 aliphatic carbocycles. The molecule has 1 aliphatic heterocycles. The fourth-order valence-electron chi connectivity index (χ4n) is 2.99. The van der Waals surface area contributed by atoms with Gasteiger partial charge in [0.2, 0.25) is 5.91 Å². The summed E-state index contributed by atoms with van der Waals surface area (Å²) in [4.78, 5) is 42.4. The largest absolute Gasteiger partial charge is 0.447 e. The van der Waals surface area contributed by atoms with Gasteiger partial charge in [-0.15, -0.1) is 11.3 Å². The molecule has 2 aromatic carbocycles. The minimum Gasteiger partial charge on any atom is -0.447 e. The van der Waals surface area contributed by atoms with Crippen molar-refractivity contribution in [2.75, 3.05) is 28.7 Å². The van der Waals surface area contributed by atoms with E-state index in [0.717, 1.165) is 0 Å². The number of benzene rings is 2. The molecular weight excluding hydrogens is 404 g/mol. The van der Waals surface area contributed by atoms with E-state index in [4.69, 9.17) is 4.74 Å². The van der Waals surface area contributed by atoms with Crippen LogP contribution in [0, 0.1) is 0 Å². The monoisotopic (exact) mass is 422 g/mol. The van der Waals surface area contributed by atoms with Gasteiger partial charge in [0.05, 0.1) is 30.0 Å². The molecular formula is C21H18N4O4S. The molecule has 9 heteroatoms. The third-order valence-electron chi connectivity index (χ3n) is 4.38. The summed E-state index contributed by atoms with van der Waals surface area (Å²) in [5, 5.41) is 7.70. The summed E-state index contributed by atoms with van der Waals surface area (Å²) in [5.41, 5.74) is 2.18. The molecule has 3 amide bonds. The fraction of sp³-hybridized carbons (Fsp3) is 0.143. The van der Waals surface area contributed by atoms with Crippen molar-refractivity contribution in [2.45, 2.75) is 6.42 Å². The Labute approximate surface area is 176 Å². The van der Waals surface area contributed by atoms with Crippen LogP contribution in [-0.2, 0) is 16.0 Å². The first-order chi connectivity index (χ1) is 14.6. The predicted molar refractivity (Wildman–Crippen MR) is 114 cm³/mol. The number of cyclic esters (lactones) is 1. The van der Waals surface area contributed by atoms with E-state index >= 15 is 0 Å². The van der Waals surface area contributed by atoms with E-state index in [2.05, 4.69) is 15.6 Å². The minimum absolute atomic E-state index is 0.0382. The number of aromatic nitrogens is 1. The zero-order valence-electron chi connectivity index (χ0n) is 15.8. The fourth-order valence-corrected chi connectivity index (χ4v) is 3.70. The second-order valence-corrected chi connectivity index (χ2v) is 7.33. The number of nitrogens with zero attached hydrogens (tertiary/aromatic N) is 2. The molecule has 0 atom stereocenters. The average Bonchev–Trinajstić information content (AvgIpc) is 3.37. The molecule has 3 aromatic rings. The van der Waals surface area contributed by atoms with Crippen LogP contribution in [-0.4, -0.2) is 36.0 Å². The molecule has 0 radical (unpaired) electrons. The lowest BCUT2D eigenvalue weighted by Crippen LogP contribution is -2.25. The number of carbonyl (C=O) groups is 3. The van der Waals surface area contributed by atoms with Crippen LogP contribution in [0.25, 0.3) is 0 Å². The van der Waals surface area contributed by atoms with E-state index in [9.17, 15) is 14.4 Å². The number of rotatable bonds is 6. The quantitative estimate of drug-likeness (QED) is 0.633. The lowest BCUT2D eigenvalue weighted by atomic mass is 10.2. The molecule has 4 rings (SSSR count). The second kappa shape index (κ2) is 8.75. The molecule has 152 valence electrons. The number of nitrogens with one attached hydrogen (secondary N) is 2. The molecule has 1 aromatic heterocycles. The summed E-state index contributed by atoms with van der Waals surface area (Å²) < 4.78 is 4.97. The maximum atomic E-state index is 12.5. The van der Waals surface area contributed by atoms with E-state index in [0.29, 0.717) is 40.9 Å². The van der Waals surface area contributed by atoms with Gasteiger partial charge in [-0.25, -0.2) is 9.78 Å². The van der Waals surface area contributed by atoms with Crippen LogP contribution >= 0.6 is 11.3 Å². The average molecular weight is 422 g/mol. The van der Waals surface area contributed by atoms with Gasteiger partial charge >= 0.3 is 6.09 Å². The van der Waals surface area contributed by atoms with Gasteiger partial charge in [0, 0.05) is 10.9 Å². The van der Waals surface area contributed by atoms with Gasteiger partial charge in [0.15, 0.2) is 5.13 Å². The summed E-state index contributed by atoms with van der Waals surface area (Å²) in [7, 11) is 0. The molecule has 0 bridgehead atoms. The topological polar surface area (TPSA) is 101 Å². The highest BCUT2D eigenvalue weighted by Crippen LogP contribution is 2.28. The van der Waals surface area contributed by atoms with Gasteiger partial charge in [-0.05, 0) is 24.3 Å². The number of hydrogen-bond donors (Lipinski definition) is 2. The van der Waals surface area contributed by atoms with E-state index < -0.39 is 6.09 Å². The molecule has 30 heavy (non-hydrogen) atoms.